The lowest BCUT2D eigenvalue weighted by Gasteiger charge is -2.17. The van der Waals surface area contributed by atoms with Crippen molar-refractivity contribution in [3.63, 3.8) is 0 Å². The average Bonchev–Trinajstić information content (AvgIpc) is 3.49. The highest BCUT2D eigenvalue weighted by Crippen LogP contribution is 2.41. The van der Waals surface area contributed by atoms with Crippen molar-refractivity contribution in [3.05, 3.63) is 127 Å². The van der Waals surface area contributed by atoms with Gasteiger partial charge in [-0.05, 0) is 64.5 Å². The van der Waals surface area contributed by atoms with E-state index in [2.05, 4.69) is 55.5 Å². The highest BCUT2D eigenvalue weighted by Gasteiger charge is 2.21. The number of rotatable bonds is 12. The van der Waals surface area contributed by atoms with E-state index in [0.29, 0.717) is 36.8 Å². The Morgan fingerprint density at radius 1 is 0.980 bits per heavy atom. The summed E-state index contributed by atoms with van der Waals surface area (Å²) in [7, 11) is 0. The fraction of sp³-hybridized carbons (Fsp3) is 0.211. The van der Waals surface area contributed by atoms with E-state index in [9.17, 15) is 15.2 Å². The standard InChI is InChI=1S/C38H32BrCl2N5O4/c1-21(38(47)48)45-18-28-14-33(39)37(46-36(28)49-19-23-10-22(15-42)16-44-17-23)50-20-26-4-2-6-31(34(26)40)32-7-3-5-30(35(32)41)25-9-8-24-12-29(43)13-27(24)11-25/h2-11,14,16-17,21,29,45H,12-13,18-20,43H2,1H3,(H,47,48)/t21?,29-/m0/s1. The molecule has 50 heavy (non-hydrogen) atoms. The quantitative estimate of drug-likeness (QED) is 0.115. The number of carboxylic acid groups (broad SMARTS) is 1. The number of aliphatic carboxylic acids is 1. The first-order chi connectivity index (χ1) is 24.1. The third-order valence-corrected chi connectivity index (χ3v) is 9.89. The van der Waals surface area contributed by atoms with Crippen molar-refractivity contribution in [3.8, 4) is 40.1 Å². The van der Waals surface area contributed by atoms with Gasteiger partial charge < -0.3 is 25.6 Å². The zero-order chi connectivity index (χ0) is 35.4. The van der Waals surface area contributed by atoms with Gasteiger partial charge in [0, 0.05) is 58.4 Å². The molecular weight excluding hydrogens is 741 g/mol. The fourth-order valence-corrected chi connectivity index (χ4v) is 6.90. The zero-order valence-corrected chi connectivity index (χ0v) is 30.0. The molecule has 2 atom stereocenters. The number of halogens is 3. The van der Waals surface area contributed by atoms with Crippen LogP contribution in [0.3, 0.4) is 0 Å². The minimum Gasteiger partial charge on any atom is -0.480 e. The molecular formula is C38H32BrCl2N5O4. The molecule has 12 heteroatoms. The lowest BCUT2D eigenvalue weighted by atomic mass is 9.96. The summed E-state index contributed by atoms with van der Waals surface area (Å²) < 4.78 is 12.8. The van der Waals surface area contributed by atoms with Gasteiger partial charge in [-0.15, -0.1) is 0 Å². The van der Waals surface area contributed by atoms with Crippen molar-refractivity contribution in [2.75, 3.05) is 0 Å². The van der Waals surface area contributed by atoms with E-state index in [1.165, 1.54) is 17.3 Å². The maximum atomic E-state index is 11.4. The van der Waals surface area contributed by atoms with E-state index < -0.39 is 12.0 Å². The third kappa shape index (κ3) is 7.94. The normalized spacial score (nSPS) is 14.1. The topological polar surface area (TPSA) is 143 Å². The summed E-state index contributed by atoms with van der Waals surface area (Å²) in [6, 6.07) is 22.9. The van der Waals surface area contributed by atoms with Crippen LogP contribution in [0.1, 0.15) is 40.3 Å². The van der Waals surface area contributed by atoms with Gasteiger partial charge in [0.25, 0.3) is 0 Å². The fourth-order valence-electron chi connectivity index (χ4n) is 5.80. The van der Waals surface area contributed by atoms with Gasteiger partial charge in [-0.2, -0.15) is 10.2 Å². The van der Waals surface area contributed by atoms with Crippen LogP contribution in [-0.4, -0.2) is 33.1 Å². The number of ether oxygens (including phenoxy) is 2. The number of fused-ring (bicyclic) bond motifs is 1. The minimum absolute atomic E-state index is 0.0742. The molecule has 0 aliphatic heterocycles. The van der Waals surface area contributed by atoms with Crippen molar-refractivity contribution < 1.29 is 19.4 Å². The van der Waals surface area contributed by atoms with Crippen LogP contribution in [0.25, 0.3) is 22.3 Å². The van der Waals surface area contributed by atoms with E-state index in [1.54, 1.807) is 25.3 Å². The molecule has 1 aliphatic rings. The molecule has 0 saturated heterocycles. The van der Waals surface area contributed by atoms with Gasteiger partial charge >= 0.3 is 5.97 Å². The number of carboxylic acids is 1. The van der Waals surface area contributed by atoms with Crippen molar-refractivity contribution in [2.24, 2.45) is 5.73 Å². The van der Waals surface area contributed by atoms with Crippen LogP contribution >= 0.6 is 39.1 Å². The first kappa shape index (κ1) is 35.3. The van der Waals surface area contributed by atoms with Gasteiger partial charge in [0.2, 0.25) is 11.8 Å². The molecule has 0 fully saturated rings. The Labute approximate surface area is 308 Å². The number of hydrogen-bond acceptors (Lipinski definition) is 8. The number of nitriles is 1. The minimum atomic E-state index is -0.987. The lowest BCUT2D eigenvalue weighted by Crippen LogP contribution is -2.33. The predicted octanol–water partition coefficient (Wildman–Crippen LogP) is 7.90. The van der Waals surface area contributed by atoms with Crippen LogP contribution in [0, 0.1) is 11.3 Å². The Morgan fingerprint density at radius 3 is 2.48 bits per heavy atom. The highest BCUT2D eigenvalue weighted by molar-refractivity contribution is 9.10. The summed E-state index contributed by atoms with van der Waals surface area (Å²) in [4.78, 5) is 20.1. The van der Waals surface area contributed by atoms with Crippen LogP contribution in [0.2, 0.25) is 10.0 Å². The largest absolute Gasteiger partial charge is 0.480 e. The number of benzene rings is 3. The molecule has 3 aromatic carbocycles. The lowest BCUT2D eigenvalue weighted by molar-refractivity contribution is -0.139. The zero-order valence-electron chi connectivity index (χ0n) is 26.9. The van der Waals surface area contributed by atoms with Crippen molar-refractivity contribution in [2.45, 2.75) is 51.6 Å². The SMILES string of the molecule is CC(NCc1cc(Br)c(OCc2cccc(-c3cccc(-c4ccc5c(c4)C[C@@H](N)C5)c3Cl)c2Cl)nc1OCc1cncc(C#N)c1)C(=O)O. The number of nitrogens with one attached hydrogen (secondary N) is 1. The molecule has 254 valence electrons. The van der Waals surface area contributed by atoms with Gasteiger partial charge in [0.1, 0.15) is 25.3 Å². The van der Waals surface area contributed by atoms with E-state index in [4.69, 9.17) is 38.4 Å². The van der Waals surface area contributed by atoms with E-state index in [1.807, 2.05) is 36.4 Å². The van der Waals surface area contributed by atoms with Gasteiger partial charge in [-0.3, -0.25) is 9.78 Å². The molecule has 1 aliphatic carbocycles. The van der Waals surface area contributed by atoms with Crippen molar-refractivity contribution in [1.29, 1.82) is 5.26 Å². The van der Waals surface area contributed by atoms with Gasteiger partial charge in [0.15, 0.2) is 0 Å². The molecule has 2 aromatic heterocycles. The predicted molar refractivity (Wildman–Crippen MR) is 196 cm³/mol. The summed E-state index contributed by atoms with van der Waals surface area (Å²) in [6.07, 6.45) is 4.80. The molecule has 0 bridgehead atoms. The smallest absolute Gasteiger partial charge is 0.320 e. The van der Waals surface area contributed by atoms with Crippen LogP contribution in [-0.2, 0) is 37.4 Å². The number of hydrogen-bond donors (Lipinski definition) is 3. The number of carbonyl (C=O) groups is 1. The molecule has 1 unspecified atom stereocenters. The summed E-state index contributed by atoms with van der Waals surface area (Å²) in [6.45, 7) is 1.87. The van der Waals surface area contributed by atoms with Crippen LogP contribution in [0.15, 0.2) is 83.6 Å². The van der Waals surface area contributed by atoms with Crippen molar-refractivity contribution in [1.82, 2.24) is 15.3 Å². The molecule has 4 N–H and O–H groups in total. The number of pyridine rings is 2. The molecule has 5 aromatic rings. The average molecular weight is 774 g/mol. The Kier molecular flexibility index (Phi) is 11.0. The molecule has 9 nitrogen and oxygen atoms in total. The molecule has 0 spiro atoms. The van der Waals surface area contributed by atoms with Gasteiger partial charge in [0.05, 0.1) is 20.1 Å². The van der Waals surface area contributed by atoms with Gasteiger partial charge in [-0.1, -0.05) is 77.8 Å². The first-order valence-corrected chi connectivity index (χ1v) is 17.4. The summed E-state index contributed by atoms with van der Waals surface area (Å²) >= 11 is 17.6. The Morgan fingerprint density at radius 2 is 1.70 bits per heavy atom. The second kappa shape index (κ2) is 15.6. The second-order valence-corrected chi connectivity index (χ2v) is 13.7. The monoisotopic (exact) mass is 771 g/mol. The Balaban J connectivity index is 1.25. The van der Waals surface area contributed by atoms with Gasteiger partial charge in [-0.25, -0.2) is 0 Å². The summed E-state index contributed by atoms with van der Waals surface area (Å²) in [5.41, 5.74) is 14.6. The number of nitrogens with two attached hydrogens (primary N) is 1. The molecule has 0 amide bonds. The van der Waals surface area contributed by atoms with E-state index in [0.717, 1.165) is 35.1 Å². The number of aromatic nitrogens is 2. The van der Waals surface area contributed by atoms with E-state index >= 15 is 0 Å². The molecule has 2 heterocycles. The summed E-state index contributed by atoms with van der Waals surface area (Å²) in [5.74, 6) is -0.510. The van der Waals surface area contributed by atoms with Crippen LogP contribution in [0.5, 0.6) is 11.8 Å². The van der Waals surface area contributed by atoms with Crippen molar-refractivity contribution >= 4 is 45.1 Å². The number of nitrogens with zero attached hydrogens (tertiary/aromatic N) is 3. The van der Waals surface area contributed by atoms with Crippen LogP contribution < -0.4 is 20.5 Å². The highest BCUT2D eigenvalue weighted by atomic mass is 79.9. The Hall–Kier alpha value is -4.50. The third-order valence-electron chi connectivity index (χ3n) is 8.47. The van der Waals surface area contributed by atoms with Crippen LogP contribution in [0.4, 0.5) is 0 Å². The van der Waals surface area contributed by atoms with E-state index in [-0.39, 0.29) is 37.6 Å². The molecule has 0 radical (unpaired) electrons. The maximum Gasteiger partial charge on any atom is 0.320 e. The molecule has 6 rings (SSSR count). The Bertz CT molecular complexity index is 2120. The first-order valence-electron chi connectivity index (χ1n) is 15.8. The second-order valence-electron chi connectivity index (χ2n) is 12.0. The molecule has 0 saturated carbocycles. The summed E-state index contributed by atoms with van der Waals surface area (Å²) in [5, 5.41) is 22.6. The maximum absolute atomic E-state index is 11.4.